The van der Waals surface area contributed by atoms with Crippen molar-refractivity contribution >= 4 is 35.2 Å². The van der Waals surface area contributed by atoms with E-state index in [9.17, 15) is 0 Å². The molecular weight excluding hydrogens is 407 g/mol. The zero-order chi connectivity index (χ0) is 20.4. The van der Waals surface area contributed by atoms with Gasteiger partial charge in [-0.2, -0.15) is 0 Å². The SMILES string of the molecule is Cc1cc(Oc2ccn(-c3ccc(Cl)c(Cl)c3)n2)c(C)cc1/N=C/N1CCCC1. The lowest BCUT2D eigenvalue weighted by Gasteiger charge is -2.12. The first kappa shape index (κ1) is 19.8. The van der Waals surface area contributed by atoms with Crippen LogP contribution in [0, 0.1) is 13.8 Å². The smallest absolute Gasteiger partial charge is 0.238 e. The van der Waals surface area contributed by atoms with E-state index in [0.29, 0.717) is 15.9 Å². The summed E-state index contributed by atoms with van der Waals surface area (Å²) < 4.78 is 7.73. The summed E-state index contributed by atoms with van der Waals surface area (Å²) >= 11 is 12.1. The molecule has 150 valence electrons. The number of rotatable bonds is 5. The van der Waals surface area contributed by atoms with Crippen molar-refractivity contribution in [2.75, 3.05) is 13.1 Å². The summed E-state index contributed by atoms with van der Waals surface area (Å²) in [5.41, 5.74) is 3.84. The van der Waals surface area contributed by atoms with Gasteiger partial charge in [0.1, 0.15) is 5.75 Å². The number of benzene rings is 2. The number of ether oxygens (including phenoxy) is 1. The number of likely N-dealkylation sites (tertiary alicyclic amines) is 1. The van der Waals surface area contributed by atoms with Crippen LogP contribution >= 0.6 is 23.2 Å². The molecule has 3 aromatic rings. The van der Waals surface area contributed by atoms with Crippen LogP contribution in [0.2, 0.25) is 10.0 Å². The van der Waals surface area contributed by atoms with E-state index in [4.69, 9.17) is 27.9 Å². The molecule has 1 aliphatic rings. The minimum absolute atomic E-state index is 0.485. The van der Waals surface area contributed by atoms with Gasteiger partial charge in [0, 0.05) is 25.4 Å². The Labute approximate surface area is 180 Å². The molecule has 0 spiro atoms. The molecule has 2 heterocycles. The van der Waals surface area contributed by atoms with Crippen molar-refractivity contribution in [3.8, 4) is 17.3 Å². The van der Waals surface area contributed by atoms with Crippen LogP contribution in [-0.2, 0) is 0 Å². The third kappa shape index (κ3) is 4.57. The molecule has 0 bridgehead atoms. The van der Waals surface area contributed by atoms with Gasteiger partial charge in [0.15, 0.2) is 0 Å². The molecule has 29 heavy (non-hydrogen) atoms. The average Bonchev–Trinajstić information content (AvgIpc) is 3.37. The van der Waals surface area contributed by atoms with Crippen molar-refractivity contribution in [1.82, 2.24) is 14.7 Å². The van der Waals surface area contributed by atoms with Crippen molar-refractivity contribution in [1.29, 1.82) is 0 Å². The molecule has 1 aromatic heterocycles. The van der Waals surface area contributed by atoms with E-state index in [1.165, 1.54) is 12.8 Å². The summed E-state index contributed by atoms with van der Waals surface area (Å²) in [4.78, 5) is 6.92. The lowest BCUT2D eigenvalue weighted by Crippen LogP contribution is -2.16. The third-order valence-corrected chi connectivity index (χ3v) is 5.68. The Hall–Kier alpha value is -2.50. The molecule has 0 N–H and O–H groups in total. The van der Waals surface area contributed by atoms with E-state index in [1.54, 1.807) is 16.8 Å². The average molecular weight is 429 g/mol. The summed E-state index contributed by atoms with van der Waals surface area (Å²) in [6.45, 7) is 6.23. The number of nitrogens with zero attached hydrogens (tertiary/aromatic N) is 4. The molecule has 0 radical (unpaired) electrons. The van der Waals surface area contributed by atoms with E-state index in [0.717, 1.165) is 41.3 Å². The van der Waals surface area contributed by atoms with Gasteiger partial charge < -0.3 is 9.64 Å². The molecular formula is C22H22Cl2N4O. The van der Waals surface area contributed by atoms with Gasteiger partial charge in [0.05, 0.1) is 27.8 Å². The highest BCUT2D eigenvalue weighted by Crippen LogP contribution is 2.31. The summed E-state index contributed by atoms with van der Waals surface area (Å²) in [6, 6.07) is 11.2. The van der Waals surface area contributed by atoms with Crippen molar-refractivity contribution < 1.29 is 4.74 Å². The Kier molecular flexibility index (Phi) is 5.79. The monoisotopic (exact) mass is 428 g/mol. The molecule has 1 fully saturated rings. The summed E-state index contributed by atoms with van der Waals surface area (Å²) in [5, 5.41) is 5.48. The molecule has 7 heteroatoms. The topological polar surface area (TPSA) is 42.6 Å². The van der Waals surface area contributed by atoms with Crippen LogP contribution < -0.4 is 4.74 Å². The lowest BCUT2D eigenvalue weighted by molar-refractivity contribution is 0.454. The van der Waals surface area contributed by atoms with Crippen molar-refractivity contribution in [2.24, 2.45) is 4.99 Å². The highest BCUT2D eigenvalue weighted by Gasteiger charge is 2.11. The second-order valence-electron chi connectivity index (χ2n) is 7.19. The van der Waals surface area contributed by atoms with E-state index in [2.05, 4.69) is 15.0 Å². The van der Waals surface area contributed by atoms with Gasteiger partial charge in [0.25, 0.3) is 0 Å². The molecule has 0 unspecified atom stereocenters. The zero-order valence-corrected chi connectivity index (χ0v) is 17.9. The fourth-order valence-electron chi connectivity index (χ4n) is 3.27. The Bertz CT molecular complexity index is 1050. The van der Waals surface area contributed by atoms with Gasteiger partial charge >= 0.3 is 0 Å². The van der Waals surface area contributed by atoms with Crippen LogP contribution in [0.4, 0.5) is 5.69 Å². The molecule has 1 saturated heterocycles. The molecule has 0 amide bonds. The van der Waals surface area contributed by atoms with Gasteiger partial charge in [-0.1, -0.05) is 23.2 Å². The van der Waals surface area contributed by atoms with E-state index < -0.39 is 0 Å². The second-order valence-corrected chi connectivity index (χ2v) is 8.01. The van der Waals surface area contributed by atoms with E-state index >= 15 is 0 Å². The zero-order valence-electron chi connectivity index (χ0n) is 16.4. The maximum Gasteiger partial charge on any atom is 0.238 e. The van der Waals surface area contributed by atoms with Gasteiger partial charge in [-0.15, -0.1) is 5.10 Å². The standard InChI is InChI=1S/C22H22Cl2N4O/c1-15-12-21(16(2)11-20(15)25-14-27-8-3-4-9-27)29-22-7-10-28(26-22)17-5-6-18(23)19(24)13-17/h5-7,10-14H,3-4,8-9H2,1-2H3/b25-14+. The molecule has 4 rings (SSSR count). The highest BCUT2D eigenvalue weighted by molar-refractivity contribution is 6.42. The summed E-state index contributed by atoms with van der Waals surface area (Å²) in [6.07, 6.45) is 6.26. The fraction of sp³-hybridized carbons (Fsp3) is 0.273. The fourth-order valence-corrected chi connectivity index (χ4v) is 3.56. The molecule has 0 aliphatic carbocycles. The number of halogens is 2. The third-order valence-electron chi connectivity index (χ3n) is 4.94. The highest BCUT2D eigenvalue weighted by atomic mass is 35.5. The lowest BCUT2D eigenvalue weighted by atomic mass is 10.1. The van der Waals surface area contributed by atoms with Crippen LogP contribution in [0.25, 0.3) is 5.69 Å². The van der Waals surface area contributed by atoms with Crippen LogP contribution in [0.1, 0.15) is 24.0 Å². The summed E-state index contributed by atoms with van der Waals surface area (Å²) in [7, 11) is 0. The van der Waals surface area contributed by atoms with Gasteiger partial charge in [-0.3, -0.25) is 0 Å². The molecule has 1 aliphatic heterocycles. The van der Waals surface area contributed by atoms with Crippen molar-refractivity contribution in [3.05, 3.63) is 63.8 Å². The van der Waals surface area contributed by atoms with E-state index in [-0.39, 0.29) is 0 Å². The number of aromatic nitrogens is 2. The van der Waals surface area contributed by atoms with Crippen molar-refractivity contribution in [3.63, 3.8) is 0 Å². The van der Waals surface area contributed by atoms with Gasteiger partial charge in [0.2, 0.25) is 5.88 Å². The maximum absolute atomic E-state index is 6.10. The molecule has 2 aromatic carbocycles. The first-order chi connectivity index (χ1) is 14.0. The number of hydrogen-bond donors (Lipinski definition) is 0. The Morgan fingerprint density at radius 2 is 1.79 bits per heavy atom. The molecule has 5 nitrogen and oxygen atoms in total. The Morgan fingerprint density at radius 1 is 1.00 bits per heavy atom. The first-order valence-electron chi connectivity index (χ1n) is 9.58. The first-order valence-corrected chi connectivity index (χ1v) is 10.3. The minimum atomic E-state index is 0.485. The van der Waals surface area contributed by atoms with Crippen LogP contribution in [0.3, 0.4) is 0 Å². The van der Waals surface area contributed by atoms with Crippen LogP contribution in [0.15, 0.2) is 47.6 Å². The Balaban J connectivity index is 1.51. The van der Waals surface area contributed by atoms with Gasteiger partial charge in [-0.05, 0) is 68.1 Å². The number of aryl methyl sites for hydroxylation is 2. The molecule has 0 atom stereocenters. The predicted molar refractivity (Wildman–Crippen MR) is 119 cm³/mol. The predicted octanol–water partition coefficient (Wildman–Crippen LogP) is 6.34. The quantitative estimate of drug-likeness (QED) is 0.351. The van der Waals surface area contributed by atoms with Gasteiger partial charge in [-0.25, -0.2) is 9.67 Å². The largest absolute Gasteiger partial charge is 0.437 e. The van der Waals surface area contributed by atoms with Crippen LogP contribution in [0.5, 0.6) is 11.6 Å². The summed E-state index contributed by atoms with van der Waals surface area (Å²) in [5.74, 6) is 1.27. The van der Waals surface area contributed by atoms with E-state index in [1.807, 2.05) is 50.6 Å². The number of aliphatic imine (C=N–C) groups is 1. The van der Waals surface area contributed by atoms with Crippen molar-refractivity contribution in [2.45, 2.75) is 26.7 Å². The normalized spacial score (nSPS) is 14.1. The number of hydrogen-bond acceptors (Lipinski definition) is 3. The van der Waals surface area contributed by atoms with Crippen LogP contribution in [-0.4, -0.2) is 34.1 Å². The molecule has 0 saturated carbocycles. The second kappa shape index (κ2) is 8.47. The minimum Gasteiger partial charge on any atom is -0.437 e. The maximum atomic E-state index is 6.10. The Morgan fingerprint density at radius 3 is 2.55 bits per heavy atom.